The van der Waals surface area contributed by atoms with Gasteiger partial charge in [-0.3, -0.25) is 4.79 Å². The average molecular weight is 186 g/mol. The van der Waals surface area contributed by atoms with Gasteiger partial charge in [-0.1, -0.05) is 0 Å². The van der Waals surface area contributed by atoms with Gasteiger partial charge in [0.05, 0.1) is 0 Å². The van der Waals surface area contributed by atoms with Crippen LogP contribution in [0.5, 0.6) is 0 Å². The van der Waals surface area contributed by atoms with Gasteiger partial charge in [-0.2, -0.15) is 0 Å². The Hall–Kier alpha value is -0.110. The van der Waals surface area contributed by atoms with E-state index in [0.29, 0.717) is 0 Å². The lowest BCUT2D eigenvalue weighted by atomic mass is 10.5. The van der Waals surface area contributed by atoms with Crippen LogP contribution in [0.25, 0.3) is 0 Å². The number of hydrogen-bond acceptors (Lipinski definition) is 3. The van der Waals surface area contributed by atoms with Gasteiger partial charge in [0.15, 0.2) is 27.9 Å². The van der Waals surface area contributed by atoms with Crippen molar-refractivity contribution in [1.82, 2.24) is 0 Å². The van der Waals surface area contributed by atoms with Gasteiger partial charge < -0.3 is 9.11 Å². The number of carbonyl (C=O) groups excluding carboxylic acids is 1. The van der Waals surface area contributed by atoms with Crippen molar-refractivity contribution in [3.8, 4) is 0 Å². The molecule has 0 aromatic heterocycles. The van der Waals surface area contributed by atoms with Crippen LogP contribution < -0.4 is 0 Å². The third kappa shape index (κ3) is 6.02. The first-order valence-electron chi connectivity index (χ1n) is 2.19. The Morgan fingerprint density at radius 3 is 1.60 bits per heavy atom. The summed E-state index contributed by atoms with van der Waals surface area (Å²) in [5.74, 6) is -1.85. The van der Waals surface area contributed by atoms with E-state index in [1.54, 1.807) is 0 Å². The van der Waals surface area contributed by atoms with E-state index in [-0.39, 0.29) is 0 Å². The molecule has 0 heterocycles. The summed E-state index contributed by atoms with van der Waals surface area (Å²) < 4.78 is 36.0. The summed E-state index contributed by atoms with van der Waals surface area (Å²) in [6.45, 7) is 0. The molecule has 0 aliphatic rings. The summed E-state index contributed by atoms with van der Waals surface area (Å²) in [5.41, 5.74) is 0. The highest BCUT2D eigenvalue weighted by Crippen LogP contribution is 1.81. The van der Waals surface area contributed by atoms with Crippen molar-refractivity contribution in [3.05, 3.63) is 0 Å². The van der Waals surface area contributed by atoms with Crippen molar-refractivity contribution in [2.75, 3.05) is 11.5 Å². The summed E-state index contributed by atoms with van der Waals surface area (Å²) in [4.78, 5) is 10.4. The van der Waals surface area contributed by atoms with E-state index >= 15 is 0 Å². The fraction of sp³-hybridized carbons (Fsp3) is 0.667. The van der Waals surface area contributed by atoms with Crippen LogP contribution in [0.15, 0.2) is 0 Å². The Morgan fingerprint density at radius 2 is 1.40 bits per heavy atom. The molecule has 2 unspecified atom stereocenters. The van der Waals surface area contributed by atoms with E-state index in [2.05, 4.69) is 0 Å². The summed E-state index contributed by atoms with van der Waals surface area (Å²) in [7, 11) is 0. The van der Waals surface area contributed by atoms with Crippen LogP contribution in [0.2, 0.25) is 0 Å². The summed E-state index contributed by atoms with van der Waals surface area (Å²) in [6.07, 6.45) is 0. The first kappa shape index (κ1) is 9.89. The largest absolute Gasteiger partial charge is 0.306 e. The predicted octanol–water partition coefficient (Wildman–Crippen LogP) is -1.00. The lowest BCUT2D eigenvalue weighted by molar-refractivity contribution is -0.114. The van der Waals surface area contributed by atoms with Crippen LogP contribution in [0.1, 0.15) is 0 Å². The maximum Gasteiger partial charge on any atom is 0.162 e. The second-order valence-corrected chi connectivity index (χ2v) is 3.33. The van der Waals surface area contributed by atoms with E-state index < -0.39 is 39.4 Å². The van der Waals surface area contributed by atoms with Gasteiger partial charge in [-0.25, -0.2) is 8.42 Å². The zero-order chi connectivity index (χ0) is 8.15. The van der Waals surface area contributed by atoms with E-state index in [9.17, 15) is 13.2 Å². The Balaban J connectivity index is 3.65. The fourth-order valence-electron chi connectivity index (χ4n) is 0.317. The van der Waals surface area contributed by atoms with Gasteiger partial charge in [0.1, 0.15) is 11.5 Å². The number of Topliss-reactive ketones (excluding diaryl/α,β-unsaturated/α-hetero) is 1. The third-order valence-electron chi connectivity index (χ3n) is 0.569. The molecule has 2 N–H and O–H groups in total. The third-order valence-corrected chi connectivity index (χ3v) is 1.71. The molecule has 7 heteroatoms. The first-order chi connectivity index (χ1) is 4.52. The summed E-state index contributed by atoms with van der Waals surface area (Å²) in [6, 6.07) is 0. The van der Waals surface area contributed by atoms with Gasteiger partial charge in [-0.15, -0.1) is 0 Å². The lowest BCUT2D eigenvalue weighted by Crippen LogP contribution is -2.16. The second-order valence-electron chi connectivity index (χ2n) is 1.47. The average Bonchev–Trinajstić information content (AvgIpc) is 1.58. The highest BCUT2D eigenvalue weighted by atomic mass is 32.2. The molecule has 0 aliphatic carbocycles. The monoisotopic (exact) mass is 186 g/mol. The summed E-state index contributed by atoms with van der Waals surface area (Å²) in [5, 5.41) is 0. The summed E-state index contributed by atoms with van der Waals surface area (Å²) >= 11 is -4.41. The highest BCUT2D eigenvalue weighted by molar-refractivity contribution is 7.81. The molecule has 5 nitrogen and oxygen atoms in total. The molecular formula is C3H6O5S2. The Kier molecular flexibility index (Phi) is 4.62. The molecule has 10 heavy (non-hydrogen) atoms. The molecule has 0 saturated heterocycles. The SMILES string of the molecule is O=C(CS(=O)O)CS(=O)O. The molecule has 0 rings (SSSR count). The van der Waals surface area contributed by atoms with Gasteiger partial charge >= 0.3 is 0 Å². The molecule has 0 aromatic rings. The molecule has 0 bridgehead atoms. The molecule has 60 valence electrons. The van der Waals surface area contributed by atoms with E-state index in [0.717, 1.165) is 0 Å². The quantitative estimate of drug-likeness (QED) is 0.549. The maximum absolute atomic E-state index is 10.4. The molecule has 2 atom stereocenters. The number of ketones is 1. The zero-order valence-corrected chi connectivity index (χ0v) is 6.48. The minimum Gasteiger partial charge on any atom is -0.306 e. The van der Waals surface area contributed by atoms with Crippen molar-refractivity contribution in [2.24, 2.45) is 0 Å². The van der Waals surface area contributed by atoms with Gasteiger partial charge in [0.2, 0.25) is 0 Å². The molecule has 0 spiro atoms. The minimum atomic E-state index is -2.21. The normalized spacial score (nSPS) is 16.2. The van der Waals surface area contributed by atoms with Crippen molar-refractivity contribution in [1.29, 1.82) is 0 Å². The van der Waals surface area contributed by atoms with E-state index in [4.69, 9.17) is 9.11 Å². The van der Waals surface area contributed by atoms with Gasteiger partial charge in [0.25, 0.3) is 0 Å². The van der Waals surface area contributed by atoms with Crippen molar-refractivity contribution >= 4 is 27.9 Å². The first-order valence-corrected chi connectivity index (χ1v) is 4.74. The van der Waals surface area contributed by atoms with Crippen LogP contribution in [0.3, 0.4) is 0 Å². The van der Waals surface area contributed by atoms with Crippen LogP contribution in [0, 0.1) is 0 Å². The zero-order valence-electron chi connectivity index (χ0n) is 4.85. The highest BCUT2D eigenvalue weighted by Gasteiger charge is 2.08. The molecule has 0 saturated carbocycles. The molecular weight excluding hydrogens is 180 g/mol. The fourth-order valence-corrected chi connectivity index (χ4v) is 1.20. The Bertz CT molecular complexity index is 158. The molecule has 0 radical (unpaired) electrons. The van der Waals surface area contributed by atoms with Gasteiger partial charge in [0, 0.05) is 0 Å². The topological polar surface area (TPSA) is 91.7 Å². The second kappa shape index (κ2) is 4.67. The molecule has 0 aliphatic heterocycles. The van der Waals surface area contributed by atoms with E-state index in [1.807, 2.05) is 0 Å². The van der Waals surface area contributed by atoms with Crippen LogP contribution in [-0.4, -0.2) is 34.8 Å². The lowest BCUT2D eigenvalue weighted by Gasteiger charge is -1.90. The number of carbonyl (C=O) groups is 1. The molecule has 0 amide bonds. The predicted molar refractivity (Wildman–Crippen MR) is 36.3 cm³/mol. The van der Waals surface area contributed by atoms with Crippen molar-refractivity contribution < 1.29 is 22.3 Å². The van der Waals surface area contributed by atoms with Crippen LogP contribution in [-0.2, 0) is 27.0 Å². The van der Waals surface area contributed by atoms with Crippen molar-refractivity contribution in [3.63, 3.8) is 0 Å². The minimum absolute atomic E-state index is 0.577. The number of rotatable bonds is 4. The maximum atomic E-state index is 10.4. The standard InChI is InChI=1S/C3H6O5S2/c4-3(1-9(5)6)2-10(7)8/h1-2H2,(H,5,6)(H,7,8). The molecule has 0 fully saturated rings. The van der Waals surface area contributed by atoms with Crippen LogP contribution in [0.4, 0.5) is 0 Å². The van der Waals surface area contributed by atoms with E-state index in [1.165, 1.54) is 0 Å². The Morgan fingerprint density at radius 1 is 1.10 bits per heavy atom. The van der Waals surface area contributed by atoms with Crippen molar-refractivity contribution in [2.45, 2.75) is 0 Å². The number of hydrogen-bond donors (Lipinski definition) is 2. The van der Waals surface area contributed by atoms with Gasteiger partial charge in [-0.05, 0) is 0 Å². The van der Waals surface area contributed by atoms with Crippen LogP contribution >= 0.6 is 0 Å². The molecule has 0 aromatic carbocycles. The Labute approximate surface area is 62.4 Å². The smallest absolute Gasteiger partial charge is 0.162 e.